The van der Waals surface area contributed by atoms with E-state index in [-0.39, 0.29) is 16.9 Å². The molecule has 0 aromatic heterocycles. The van der Waals surface area contributed by atoms with E-state index in [0.717, 1.165) is 24.0 Å². The summed E-state index contributed by atoms with van der Waals surface area (Å²) >= 11 is 0. The van der Waals surface area contributed by atoms with Crippen LogP contribution in [0.1, 0.15) is 25.3 Å². The maximum Gasteiger partial charge on any atom is 0.586 e. The van der Waals surface area contributed by atoms with Crippen LogP contribution in [0.5, 0.6) is 11.5 Å². The van der Waals surface area contributed by atoms with Gasteiger partial charge in [0.1, 0.15) is 0 Å². The van der Waals surface area contributed by atoms with Gasteiger partial charge in [-0.25, -0.2) is 0 Å². The lowest BCUT2D eigenvalue weighted by Crippen LogP contribution is -2.25. The SMILES string of the molecule is C=C(C)C1(c2ccc3c(c2)OC(F)(F)O3)CC1. The molecule has 0 amide bonds. The Morgan fingerprint density at radius 2 is 1.88 bits per heavy atom. The minimum absolute atomic E-state index is 0.0454. The normalized spacial score (nSPS) is 22.3. The number of rotatable bonds is 2. The molecule has 0 unspecified atom stereocenters. The van der Waals surface area contributed by atoms with E-state index in [1.807, 2.05) is 13.0 Å². The van der Waals surface area contributed by atoms with Crippen LogP contribution in [0.4, 0.5) is 8.78 Å². The Morgan fingerprint density at radius 1 is 1.24 bits per heavy atom. The molecule has 1 aromatic carbocycles. The summed E-state index contributed by atoms with van der Waals surface area (Å²) in [5, 5.41) is 0. The number of allylic oxidation sites excluding steroid dienone is 1. The number of hydrogen-bond donors (Lipinski definition) is 0. The van der Waals surface area contributed by atoms with Crippen LogP contribution in [0.15, 0.2) is 30.4 Å². The smallest absolute Gasteiger partial charge is 0.395 e. The molecule has 0 radical (unpaired) electrons. The zero-order chi connectivity index (χ0) is 12.3. The third-order valence-electron chi connectivity index (χ3n) is 3.52. The first-order chi connectivity index (χ1) is 7.93. The van der Waals surface area contributed by atoms with Crippen molar-refractivity contribution in [3.8, 4) is 11.5 Å². The van der Waals surface area contributed by atoms with E-state index < -0.39 is 6.29 Å². The number of benzene rings is 1. The zero-order valence-electron chi connectivity index (χ0n) is 9.43. The van der Waals surface area contributed by atoms with Crippen LogP contribution in [-0.4, -0.2) is 6.29 Å². The highest BCUT2D eigenvalue weighted by molar-refractivity contribution is 5.51. The molecule has 1 aliphatic carbocycles. The van der Waals surface area contributed by atoms with Crippen molar-refractivity contribution in [2.75, 3.05) is 0 Å². The Balaban J connectivity index is 1.99. The Hall–Kier alpha value is -1.58. The van der Waals surface area contributed by atoms with Crippen molar-refractivity contribution >= 4 is 0 Å². The summed E-state index contributed by atoms with van der Waals surface area (Å²) in [6.45, 7) is 5.93. The number of halogens is 2. The predicted octanol–water partition coefficient (Wildman–Crippen LogP) is 3.62. The number of hydrogen-bond acceptors (Lipinski definition) is 2. The van der Waals surface area contributed by atoms with E-state index in [1.54, 1.807) is 6.07 Å². The second-order valence-electron chi connectivity index (χ2n) is 4.69. The molecule has 1 fully saturated rings. The van der Waals surface area contributed by atoms with Gasteiger partial charge in [0.05, 0.1) is 0 Å². The molecule has 0 saturated heterocycles. The van der Waals surface area contributed by atoms with Gasteiger partial charge in [0.25, 0.3) is 0 Å². The molecule has 17 heavy (non-hydrogen) atoms. The van der Waals surface area contributed by atoms with E-state index in [1.165, 1.54) is 6.07 Å². The van der Waals surface area contributed by atoms with Crippen LogP contribution in [0.3, 0.4) is 0 Å². The van der Waals surface area contributed by atoms with Gasteiger partial charge in [-0.15, -0.1) is 8.78 Å². The van der Waals surface area contributed by atoms with Crippen molar-refractivity contribution in [1.82, 2.24) is 0 Å². The molecule has 1 aliphatic heterocycles. The van der Waals surface area contributed by atoms with Gasteiger partial charge >= 0.3 is 6.29 Å². The molecule has 2 aliphatic rings. The van der Waals surface area contributed by atoms with Crippen LogP contribution >= 0.6 is 0 Å². The van der Waals surface area contributed by atoms with Gasteiger partial charge in [-0.1, -0.05) is 18.2 Å². The molecule has 4 heteroatoms. The monoisotopic (exact) mass is 238 g/mol. The zero-order valence-corrected chi connectivity index (χ0v) is 9.43. The molecule has 2 nitrogen and oxygen atoms in total. The van der Waals surface area contributed by atoms with E-state index in [0.29, 0.717) is 0 Å². The third kappa shape index (κ3) is 1.51. The lowest BCUT2D eigenvalue weighted by Gasteiger charge is -2.15. The third-order valence-corrected chi connectivity index (χ3v) is 3.52. The second kappa shape index (κ2) is 3.00. The molecule has 1 aromatic rings. The molecule has 0 spiro atoms. The standard InChI is InChI=1S/C13H12F2O2/c1-8(2)12(5-6-12)9-3-4-10-11(7-9)17-13(14,15)16-10/h3-4,7H,1,5-6H2,2H3. The van der Waals surface area contributed by atoms with Crippen LogP contribution in [0.25, 0.3) is 0 Å². The number of ether oxygens (including phenoxy) is 2. The molecule has 0 bridgehead atoms. The summed E-state index contributed by atoms with van der Waals surface area (Å²) in [4.78, 5) is 0. The Morgan fingerprint density at radius 3 is 2.47 bits per heavy atom. The summed E-state index contributed by atoms with van der Waals surface area (Å²) in [7, 11) is 0. The van der Waals surface area contributed by atoms with Gasteiger partial charge in [-0.2, -0.15) is 0 Å². The highest BCUT2D eigenvalue weighted by Crippen LogP contribution is 2.55. The van der Waals surface area contributed by atoms with Crippen LogP contribution in [-0.2, 0) is 5.41 Å². The summed E-state index contributed by atoms with van der Waals surface area (Å²) in [6.07, 6.45) is -1.52. The lowest BCUT2D eigenvalue weighted by atomic mass is 9.89. The van der Waals surface area contributed by atoms with E-state index in [9.17, 15) is 8.78 Å². The summed E-state index contributed by atoms with van der Waals surface area (Å²) in [5.41, 5.74) is 1.99. The van der Waals surface area contributed by atoms with Crippen molar-refractivity contribution < 1.29 is 18.3 Å². The van der Waals surface area contributed by atoms with Gasteiger partial charge in [-0.3, -0.25) is 0 Å². The number of fused-ring (bicyclic) bond motifs is 1. The maximum absolute atomic E-state index is 12.9. The quantitative estimate of drug-likeness (QED) is 0.733. The van der Waals surface area contributed by atoms with Gasteiger partial charge < -0.3 is 9.47 Å². The predicted molar refractivity (Wildman–Crippen MR) is 58.4 cm³/mol. The molecule has 1 heterocycles. The molecular formula is C13H12F2O2. The second-order valence-corrected chi connectivity index (χ2v) is 4.69. The van der Waals surface area contributed by atoms with Gasteiger partial charge in [-0.05, 0) is 37.5 Å². The van der Waals surface area contributed by atoms with E-state index >= 15 is 0 Å². The Bertz CT molecular complexity index is 504. The summed E-state index contributed by atoms with van der Waals surface area (Å²) in [6, 6.07) is 4.98. The Labute approximate surface area is 97.8 Å². The van der Waals surface area contributed by atoms with Crippen molar-refractivity contribution in [1.29, 1.82) is 0 Å². The van der Waals surface area contributed by atoms with Crippen molar-refractivity contribution in [3.63, 3.8) is 0 Å². The average Bonchev–Trinajstić information content (AvgIpc) is 2.95. The van der Waals surface area contributed by atoms with Gasteiger partial charge in [0.15, 0.2) is 11.5 Å². The average molecular weight is 238 g/mol. The van der Waals surface area contributed by atoms with Gasteiger partial charge in [0.2, 0.25) is 0 Å². The summed E-state index contributed by atoms with van der Waals surface area (Å²) < 4.78 is 34.6. The first kappa shape index (κ1) is 10.6. The van der Waals surface area contributed by atoms with E-state index in [4.69, 9.17) is 0 Å². The number of alkyl halides is 2. The van der Waals surface area contributed by atoms with Gasteiger partial charge in [0, 0.05) is 5.41 Å². The molecule has 0 N–H and O–H groups in total. The molecule has 0 atom stereocenters. The van der Waals surface area contributed by atoms with Crippen LogP contribution in [0, 0.1) is 0 Å². The highest BCUT2D eigenvalue weighted by atomic mass is 19.3. The molecular weight excluding hydrogens is 226 g/mol. The fourth-order valence-corrected chi connectivity index (χ4v) is 2.33. The first-order valence-electron chi connectivity index (χ1n) is 5.49. The largest absolute Gasteiger partial charge is 0.586 e. The topological polar surface area (TPSA) is 18.5 Å². The van der Waals surface area contributed by atoms with E-state index in [2.05, 4.69) is 16.1 Å². The van der Waals surface area contributed by atoms with Crippen molar-refractivity contribution in [3.05, 3.63) is 35.9 Å². The summed E-state index contributed by atoms with van der Waals surface area (Å²) in [5.74, 6) is 0.205. The highest BCUT2D eigenvalue weighted by Gasteiger charge is 2.48. The van der Waals surface area contributed by atoms with Crippen molar-refractivity contribution in [2.45, 2.75) is 31.5 Å². The minimum atomic E-state index is -3.54. The van der Waals surface area contributed by atoms with Crippen molar-refractivity contribution in [2.24, 2.45) is 0 Å². The minimum Gasteiger partial charge on any atom is -0.395 e. The maximum atomic E-state index is 12.9. The van der Waals surface area contributed by atoms with Crippen LogP contribution < -0.4 is 9.47 Å². The van der Waals surface area contributed by atoms with Crippen LogP contribution in [0.2, 0.25) is 0 Å². The first-order valence-corrected chi connectivity index (χ1v) is 5.49. The Kier molecular flexibility index (Phi) is 1.86. The fourth-order valence-electron chi connectivity index (χ4n) is 2.33. The molecule has 1 saturated carbocycles. The molecule has 90 valence electrons. The molecule has 3 rings (SSSR count). The fraction of sp³-hybridized carbons (Fsp3) is 0.385. The lowest BCUT2D eigenvalue weighted by molar-refractivity contribution is -0.286.